The van der Waals surface area contributed by atoms with E-state index in [9.17, 15) is 0 Å². The van der Waals surface area contributed by atoms with Crippen molar-refractivity contribution >= 4 is 80.3 Å². The summed E-state index contributed by atoms with van der Waals surface area (Å²) in [6, 6.07) is 77.4. The van der Waals surface area contributed by atoms with Gasteiger partial charge in [-0.05, 0) is 130 Å². The summed E-state index contributed by atoms with van der Waals surface area (Å²) < 4.78 is 21.6. The molecule has 324 valence electrons. The molecule has 0 spiro atoms. The molecule has 0 aromatic heterocycles. The molecule has 0 bridgehead atoms. The van der Waals surface area contributed by atoms with Gasteiger partial charge in [-0.25, -0.2) is 0 Å². The highest BCUT2D eigenvalue weighted by molar-refractivity contribution is 7.02. The van der Waals surface area contributed by atoms with Crippen molar-refractivity contribution in [2.75, 3.05) is 9.80 Å². The van der Waals surface area contributed by atoms with Crippen LogP contribution >= 0.6 is 0 Å². The molecule has 10 aromatic rings. The van der Waals surface area contributed by atoms with E-state index in [2.05, 4.69) is 242 Å². The van der Waals surface area contributed by atoms with Crippen LogP contribution in [-0.4, -0.2) is 13.4 Å². The predicted molar refractivity (Wildman–Crippen MR) is 285 cm³/mol. The molecule has 69 heavy (non-hydrogen) atoms. The highest BCUT2D eigenvalue weighted by atomic mass is 16.5. The van der Waals surface area contributed by atoms with Gasteiger partial charge in [-0.15, -0.1) is 0 Å². The third-order valence-corrected chi connectivity index (χ3v) is 14.6. The zero-order valence-corrected chi connectivity index (χ0v) is 38.1. The maximum Gasteiger partial charge on any atom is 0.260 e. The molecule has 0 N–H and O–H groups in total. The van der Waals surface area contributed by atoms with Crippen LogP contribution < -0.4 is 56.8 Å². The average molecular weight is 885 g/mol. The largest absolute Gasteiger partial charge is 0.458 e. The first kappa shape index (κ1) is 39.5. The Morgan fingerprint density at radius 1 is 0.377 bits per heavy atom. The van der Waals surface area contributed by atoms with Gasteiger partial charge < -0.3 is 24.0 Å². The Labute approximate surface area is 402 Å². The van der Waals surface area contributed by atoms with Crippen molar-refractivity contribution < 1.29 is 14.2 Å². The van der Waals surface area contributed by atoms with E-state index in [0.29, 0.717) is 0 Å². The molecule has 10 aromatic carbocycles. The molecule has 0 radical (unpaired) electrons. The summed E-state index contributed by atoms with van der Waals surface area (Å²) in [7, 11) is 0. The summed E-state index contributed by atoms with van der Waals surface area (Å²) >= 11 is 0. The Kier molecular flexibility index (Phi) is 8.84. The standard InChI is InChI=1S/C62H42B2N2O3/c1-39-57-61(40(2)62-58(39)64-50-32-18-20-34-53(50)67-54-35-42(36-55(69-62)60(54)64)48-30-16-15-29-47(48)41-21-7-3-8-22-41)66(45-27-13-6-14-28-45)51-37-46(38-56-59(51)63(57)49-31-17-19-33-52(49)68-56)65(43-23-9-4-10-24-43)44-25-11-5-12-26-44/h3-38H,1-2H3. The second kappa shape index (κ2) is 15.4. The third kappa shape index (κ3) is 6.00. The summed E-state index contributed by atoms with van der Waals surface area (Å²) in [6.45, 7) is 4.31. The monoisotopic (exact) mass is 884 g/mol. The predicted octanol–water partition coefficient (Wildman–Crippen LogP) is 12.2. The van der Waals surface area contributed by atoms with Crippen molar-refractivity contribution in [2.45, 2.75) is 13.8 Å². The Morgan fingerprint density at radius 3 is 1.49 bits per heavy atom. The molecule has 0 amide bonds. The van der Waals surface area contributed by atoms with Crippen molar-refractivity contribution in [3.63, 3.8) is 0 Å². The van der Waals surface area contributed by atoms with Crippen LogP contribution in [0.2, 0.25) is 0 Å². The minimum absolute atomic E-state index is 0.136. The molecule has 0 aliphatic carbocycles. The van der Waals surface area contributed by atoms with E-state index in [1.165, 1.54) is 16.5 Å². The zero-order valence-electron chi connectivity index (χ0n) is 38.1. The van der Waals surface area contributed by atoms with E-state index in [1.807, 2.05) is 0 Å². The Hall–Kier alpha value is -8.67. The molecule has 0 unspecified atom stereocenters. The van der Waals surface area contributed by atoms with Crippen molar-refractivity contribution in [3.05, 3.63) is 230 Å². The number of para-hydroxylation sites is 5. The number of hydrogen-bond acceptors (Lipinski definition) is 5. The van der Waals surface area contributed by atoms with Crippen molar-refractivity contribution in [2.24, 2.45) is 0 Å². The quantitative estimate of drug-likeness (QED) is 0.155. The number of benzene rings is 10. The van der Waals surface area contributed by atoms with Gasteiger partial charge in [-0.3, -0.25) is 0 Å². The van der Waals surface area contributed by atoms with Gasteiger partial charge in [0.2, 0.25) is 0 Å². The van der Waals surface area contributed by atoms with Crippen LogP contribution in [0.1, 0.15) is 11.1 Å². The minimum atomic E-state index is -0.139. The first-order chi connectivity index (χ1) is 34.1. The van der Waals surface area contributed by atoms with Crippen LogP contribution in [0.25, 0.3) is 22.3 Å². The fourth-order valence-electron chi connectivity index (χ4n) is 11.7. The van der Waals surface area contributed by atoms with E-state index >= 15 is 0 Å². The van der Waals surface area contributed by atoms with Gasteiger partial charge >= 0.3 is 0 Å². The molecular formula is C62H42B2N2O3. The molecule has 5 nitrogen and oxygen atoms in total. The van der Waals surface area contributed by atoms with Crippen LogP contribution in [-0.2, 0) is 0 Å². The van der Waals surface area contributed by atoms with Crippen LogP contribution in [0.3, 0.4) is 0 Å². The number of rotatable bonds is 6. The van der Waals surface area contributed by atoms with Gasteiger partial charge in [0.05, 0.1) is 5.69 Å². The molecule has 0 saturated carbocycles. The number of nitrogens with zero attached hydrogens (tertiary/aromatic N) is 2. The topological polar surface area (TPSA) is 34.2 Å². The molecule has 4 heterocycles. The summed E-state index contributed by atoms with van der Waals surface area (Å²) in [5.41, 5.74) is 20.0. The summed E-state index contributed by atoms with van der Waals surface area (Å²) in [4.78, 5) is 4.80. The summed E-state index contributed by atoms with van der Waals surface area (Å²) in [5.74, 6) is 5.08. The number of fused-ring (bicyclic) bond motifs is 8. The van der Waals surface area contributed by atoms with Crippen LogP contribution in [0.5, 0.6) is 34.5 Å². The Morgan fingerprint density at radius 2 is 0.870 bits per heavy atom. The highest BCUT2D eigenvalue weighted by Gasteiger charge is 2.49. The van der Waals surface area contributed by atoms with Crippen LogP contribution in [0.15, 0.2) is 218 Å². The van der Waals surface area contributed by atoms with Gasteiger partial charge in [-0.1, -0.05) is 151 Å². The van der Waals surface area contributed by atoms with Gasteiger partial charge in [-0.2, -0.15) is 0 Å². The average Bonchev–Trinajstić information content (AvgIpc) is 3.41. The molecule has 14 rings (SSSR count). The van der Waals surface area contributed by atoms with E-state index in [0.717, 1.165) is 118 Å². The lowest BCUT2D eigenvalue weighted by molar-refractivity contribution is 0.463. The van der Waals surface area contributed by atoms with E-state index in [4.69, 9.17) is 14.2 Å². The molecule has 0 atom stereocenters. The smallest absolute Gasteiger partial charge is 0.260 e. The maximum atomic E-state index is 7.51. The third-order valence-electron chi connectivity index (χ3n) is 14.6. The molecule has 0 saturated heterocycles. The SMILES string of the molecule is Cc1c2c(c(C)c3c1B1c4ccccc4Oc4cc(N(c5ccccc5)c5ccccc5)cc(c41)N3c1ccccc1)Oc1cc(-c3ccccc3-c3ccccc3)cc3c1B2c1ccccc1O3. The summed E-state index contributed by atoms with van der Waals surface area (Å²) in [5, 5.41) is 0. The van der Waals surface area contributed by atoms with Crippen LogP contribution in [0.4, 0.5) is 34.1 Å². The second-order valence-corrected chi connectivity index (χ2v) is 18.4. The van der Waals surface area contributed by atoms with Crippen LogP contribution in [0, 0.1) is 13.8 Å². The van der Waals surface area contributed by atoms with E-state index in [-0.39, 0.29) is 13.4 Å². The van der Waals surface area contributed by atoms with Crippen molar-refractivity contribution in [1.29, 1.82) is 0 Å². The lowest BCUT2D eigenvalue weighted by Gasteiger charge is -2.44. The van der Waals surface area contributed by atoms with Crippen molar-refractivity contribution in [3.8, 4) is 56.8 Å². The first-order valence-electron chi connectivity index (χ1n) is 23.7. The van der Waals surface area contributed by atoms with Gasteiger partial charge in [0.15, 0.2) is 0 Å². The lowest BCUT2D eigenvalue weighted by Crippen LogP contribution is -2.64. The fourth-order valence-corrected chi connectivity index (χ4v) is 11.7. The first-order valence-corrected chi connectivity index (χ1v) is 23.7. The Bertz CT molecular complexity index is 3660. The van der Waals surface area contributed by atoms with Gasteiger partial charge in [0.1, 0.15) is 34.5 Å². The maximum absolute atomic E-state index is 7.51. The van der Waals surface area contributed by atoms with Crippen molar-refractivity contribution in [1.82, 2.24) is 0 Å². The normalized spacial score (nSPS) is 13.0. The van der Waals surface area contributed by atoms with E-state index in [1.54, 1.807) is 0 Å². The van der Waals surface area contributed by atoms with Gasteiger partial charge in [0, 0.05) is 45.5 Å². The zero-order chi connectivity index (χ0) is 45.7. The molecule has 7 heteroatoms. The second-order valence-electron chi connectivity index (χ2n) is 18.4. The molecule has 0 fully saturated rings. The Balaban J connectivity index is 1.05. The number of anilines is 6. The fraction of sp³-hybridized carbons (Fsp3) is 0.0323. The minimum Gasteiger partial charge on any atom is -0.458 e. The molecule has 4 aliphatic heterocycles. The molecule has 4 aliphatic rings. The highest BCUT2D eigenvalue weighted by Crippen LogP contribution is 2.50. The van der Waals surface area contributed by atoms with Gasteiger partial charge in [0.25, 0.3) is 13.4 Å². The molecular weight excluding hydrogens is 842 g/mol. The number of hydrogen-bond donors (Lipinski definition) is 0. The number of ether oxygens (including phenoxy) is 3. The van der Waals surface area contributed by atoms with E-state index < -0.39 is 0 Å². The summed E-state index contributed by atoms with van der Waals surface area (Å²) in [6.07, 6.45) is 0. The lowest BCUT2D eigenvalue weighted by atomic mass is 9.30.